The number of carbonyl (C=O) groups is 1. The van der Waals surface area contributed by atoms with Crippen molar-refractivity contribution in [3.63, 3.8) is 0 Å². The molecule has 0 saturated carbocycles. The normalized spacial score (nSPS) is 9.69. The fraction of sp³-hybridized carbons (Fsp3) is 0.273. The molecule has 0 aliphatic heterocycles. The smallest absolute Gasteiger partial charge is 0.356 e. The van der Waals surface area contributed by atoms with Gasteiger partial charge in [-0.2, -0.15) is 4.39 Å². The summed E-state index contributed by atoms with van der Waals surface area (Å²) < 4.78 is 22.9. The van der Waals surface area contributed by atoms with E-state index in [0.29, 0.717) is 6.61 Å². The Bertz CT molecular complexity index is 418. The predicted molar refractivity (Wildman–Crippen MR) is 56.2 cm³/mol. The van der Waals surface area contributed by atoms with Crippen LogP contribution in [-0.2, 0) is 9.47 Å². The zero-order valence-corrected chi connectivity index (χ0v) is 9.12. The van der Waals surface area contributed by atoms with E-state index in [1.807, 2.05) is 0 Å². The summed E-state index contributed by atoms with van der Waals surface area (Å²) in [7, 11) is 1.20. The summed E-state index contributed by atoms with van der Waals surface area (Å²) in [6, 6.07) is 2.74. The Labute approximate surface area is 92.7 Å². The number of hydrogen-bond acceptors (Lipinski definition) is 4. The van der Waals surface area contributed by atoms with Gasteiger partial charge in [0.15, 0.2) is 5.69 Å². The van der Waals surface area contributed by atoms with E-state index in [1.54, 1.807) is 6.92 Å². The van der Waals surface area contributed by atoms with E-state index >= 15 is 0 Å². The Balaban J connectivity index is 3.00. The summed E-state index contributed by atoms with van der Waals surface area (Å²) >= 11 is 0. The summed E-state index contributed by atoms with van der Waals surface area (Å²) in [6.45, 7) is 5.70. The molecule has 0 aromatic carbocycles. The van der Waals surface area contributed by atoms with Gasteiger partial charge in [0.1, 0.15) is 5.76 Å². The van der Waals surface area contributed by atoms with Crippen LogP contribution < -0.4 is 0 Å². The van der Waals surface area contributed by atoms with Gasteiger partial charge < -0.3 is 9.47 Å². The van der Waals surface area contributed by atoms with Crippen LogP contribution in [0.1, 0.15) is 23.0 Å². The first-order chi connectivity index (χ1) is 7.60. The number of aromatic nitrogens is 1. The standard InChI is InChI=1S/C11H12FNO3/c1-4-16-7(2)8-5-6-9(11(14)15-3)13-10(8)12/h5-6H,2,4H2,1,3H3. The quantitative estimate of drug-likeness (QED) is 0.447. The average molecular weight is 225 g/mol. The SMILES string of the molecule is C=C(OCC)c1ccc(C(=O)OC)nc1F. The number of halogens is 1. The Morgan fingerprint density at radius 1 is 1.56 bits per heavy atom. The van der Waals surface area contributed by atoms with Gasteiger partial charge in [0.2, 0.25) is 5.95 Å². The van der Waals surface area contributed by atoms with Crippen molar-refractivity contribution in [3.8, 4) is 0 Å². The Morgan fingerprint density at radius 3 is 2.75 bits per heavy atom. The van der Waals surface area contributed by atoms with Gasteiger partial charge in [0.05, 0.1) is 19.3 Å². The third-order valence-corrected chi connectivity index (χ3v) is 1.86. The molecule has 0 spiro atoms. The van der Waals surface area contributed by atoms with Crippen molar-refractivity contribution in [1.29, 1.82) is 0 Å². The molecule has 0 aliphatic rings. The van der Waals surface area contributed by atoms with E-state index < -0.39 is 11.9 Å². The van der Waals surface area contributed by atoms with Gasteiger partial charge in [-0.05, 0) is 19.1 Å². The fourth-order valence-electron chi connectivity index (χ4n) is 1.11. The van der Waals surface area contributed by atoms with E-state index in [9.17, 15) is 9.18 Å². The number of carbonyl (C=O) groups excluding carboxylic acids is 1. The number of nitrogens with zero attached hydrogens (tertiary/aromatic N) is 1. The largest absolute Gasteiger partial charge is 0.494 e. The van der Waals surface area contributed by atoms with Gasteiger partial charge in [0, 0.05) is 0 Å². The van der Waals surface area contributed by atoms with Crippen LogP contribution in [0.3, 0.4) is 0 Å². The molecule has 1 aromatic heterocycles. The second-order valence-electron chi connectivity index (χ2n) is 2.88. The maximum Gasteiger partial charge on any atom is 0.356 e. The van der Waals surface area contributed by atoms with Gasteiger partial charge in [-0.15, -0.1) is 0 Å². The highest BCUT2D eigenvalue weighted by molar-refractivity contribution is 5.87. The highest BCUT2D eigenvalue weighted by Crippen LogP contribution is 2.16. The molecule has 0 radical (unpaired) electrons. The van der Waals surface area contributed by atoms with E-state index in [2.05, 4.69) is 16.3 Å². The molecule has 1 aromatic rings. The van der Waals surface area contributed by atoms with Crippen molar-refractivity contribution >= 4 is 11.7 Å². The van der Waals surface area contributed by atoms with Crippen LogP contribution in [0.25, 0.3) is 5.76 Å². The molecular formula is C11H12FNO3. The molecular weight excluding hydrogens is 213 g/mol. The van der Waals surface area contributed by atoms with E-state index in [1.165, 1.54) is 19.2 Å². The minimum absolute atomic E-state index is 0.0898. The van der Waals surface area contributed by atoms with Crippen molar-refractivity contribution < 1.29 is 18.7 Å². The molecule has 0 amide bonds. The summed E-state index contributed by atoms with van der Waals surface area (Å²) in [5.74, 6) is -1.31. The molecule has 0 bridgehead atoms. The zero-order chi connectivity index (χ0) is 12.1. The maximum atomic E-state index is 13.5. The molecule has 0 atom stereocenters. The Kier molecular flexibility index (Phi) is 3.99. The van der Waals surface area contributed by atoms with Crippen LogP contribution in [0, 0.1) is 5.95 Å². The number of ether oxygens (including phenoxy) is 2. The van der Waals surface area contributed by atoms with Crippen molar-refractivity contribution in [3.05, 3.63) is 35.9 Å². The van der Waals surface area contributed by atoms with Gasteiger partial charge in [-0.1, -0.05) is 6.58 Å². The topological polar surface area (TPSA) is 48.4 Å². The van der Waals surface area contributed by atoms with Crippen LogP contribution >= 0.6 is 0 Å². The van der Waals surface area contributed by atoms with Crippen molar-refractivity contribution in [2.75, 3.05) is 13.7 Å². The third-order valence-electron chi connectivity index (χ3n) is 1.86. The van der Waals surface area contributed by atoms with Crippen LogP contribution in [0.5, 0.6) is 0 Å². The molecule has 4 nitrogen and oxygen atoms in total. The predicted octanol–water partition coefficient (Wildman–Crippen LogP) is 2.01. The highest BCUT2D eigenvalue weighted by atomic mass is 19.1. The van der Waals surface area contributed by atoms with Gasteiger partial charge in [-0.25, -0.2) is 9.78 Å². The monoisotopic (exact) mass is 225 g/mol. The first-order valence-electron chi connectivity index (χ1n) is 4.67. The first kappa shape index (κ1) is 12.2. The van der Waals surface area contributed by atoms with Crippen molar-refractivity contribution in [1.82, 2.24) is 4.98 Å². The van der Waals surface area contributed by atoms with Crippen LogP contribution in [0.15, 0.2) is 18.7 Å². The van der Waals surface area contributed by atoms with Crippen molar-refractivity contribution in [2.45, 2.75) is 6.92 Å². The molecule has 16 heavy (non-hydrogen) atoms. The summed E-state index contributed by atoms with van der Waals surface area (Å²) in [6.07, 6.45) is 0. The molecule has 0 saturated heterocycles. The lowest BCUT2D eigenvalue weighted by atomic mass is 10.2. The highest BCUT2D eigenvalue weighted by Gasteiger charge is 2.13. The maximum absolute atomic E-state index is 13.5. The van der Waals surface area contributed by atoms with E-state index in [0.717, 1.165) is 0 Å². The van der Waals surface area contributed by atoms with Gasteiger partial charge in [-0.3, -0.25) is 0 Å². The summed E-state index contributed by atoms with van der Waals surface area (Å²) in [5.41, 5.74) is 0.0440. The lowest BCUT2D eigenvalue weighted by Crippen LogP contribution is -2.07. The molecule has 5 heteroatoms. The number of rotatable bonds is 4. The molecule has 1 rings (SSSR count). The third kappa shape index (κ3) is 2.56. The van der Waals surface area contributed by atoms with Gasteiger partial charge in [0.25, 0.3) is 0 Å². The molecule has 0 fully saturated rings. The second kappa shape index (κ2) is 5.25. The molecule has 1 heterocycles. The zero-order valence-electron chi connectivity index (χ0n) is 9.12. The van der Waals surface area contributed by atoms with Crippen molar-refractivity contribution in [2.24, 2.45) is 0 Å². The van der Waals surface area contributed by atoms with Crippen LogP contribution in [0.2, 0.25) is 0 Å². The van der Waals surface area contributed by atoms with Gasteiger partial charge >= 0.3 is 5.97 Å². The number of pyridine rings is 1. The minimum Gasteiger partial charge on any atom is -0.494 e. The number of hydrogen-bond donors (Lipinski definition) is 0. The molecule has 0 unspecified atom stereocenters. The lowest BCUT2D eigenvalue weighted by Gasteiger charge is -2.07. The molecule has 0 N–H and O–H groups in total. The molecule has 86 valence electrons. The Morgan fingerprint density at radius 2 is 2.25 bits per heavy atom. The minimum atomic E-state index is -0.804. The first-order valence-corrected chi connectivity index (χ1v) is 4.67. The lowest BCUT2D eigenvalue weighted by molar-refractivity contribution is 0.0592. The second-order valence-corrected chi connectivity index (χ2v) is 2.88. The average Bonchev–Trinajstić information content (AvgIpc) is 2.28. The van der Waals surface area contributed by atoms with Crippen LogP contribution in [-0.4, -0.2) is 24.7 Å². The fourth-order valence-corrected chi connectivity index (χ4v) is 1.11. The summed E-state index contributed by atoms with van der Waals surface area (Å²) in [5, 5.41) is 0. The Hall–Kier alpha value is -1.91. The van der Waals surface area contributed by atoms with Crippen LogP contribution in [0.4, 0.5) is 4.39 Å². The molecule has 0 aliphatic carbocycles. The number of methoxy groups -OCH3 is 1. The van der Waals surface area contributed by atoms with E-state index in [-0.39, 0.29) is 17.0 Å². The van der Waals surface area contributed by atoms with E-state index in [4.69, 9.17) is 4.74 Å². The summed E-state index contributed by atoms with van der Waals surface area (Å²) in [4.78, 5) is 14.5. The number of esters is 1.